The van der Waals surface area contributed by atoms with Crippen molar-refractivity contribution in [1.82, 2.24) is 5.32 Å². The van der Waals surface area contributed by atoms with Crippen LogP contribution in [0.3, 0.4) is 0 Å². The first-order valence-electron chi connectivity index (χ1n) is 5.21. The number of hydrogen-bond acceptors (Lipinski definition) is 4. The van der Waals surface area contributed by atoms with E-state index in [1.807, 2.05) is 0 Å². The molecular weight excluding hydrogens is 236 g/mol. The Labute approximate surface area is 104 Å². The van der Waals surface area contributed by atoms with E-state index in [0.717, 1.165) is 5.56 Å². The average molecular weight is 250 g/mol. The van der Waals surface area contributed by atoms with Crippen molar-refractivity contribution < 1.29 is 19.8 Å². The van der Waals surface area contributed by atoms with Crippen molar-refractivity contribution in [2.75, 3.05) is 12.3 Å². The van der Waals surface area contributed by atoms with Crippen LogP contribution in [0.25, 0.3) is 6.08 Å². The molecule has 0 spiro atoms. The molecule has 1 amide bonds. The first-order valence-corrected chi connectivity index (χ1v) is 5.21. The predicted octanol–water partition coefficient (Wildman–Crippen LogP) is -0.156. The summed E-state index contributed by atoms with van der Waals surface area (Å²) in [5, 5.41) is 19.6. The van der Waals surface area contributed by atoms with Gasteiger partial charge in [-0.25, -0.2) is 4.79 Å². The number of rotatable bonds is 5. The quantitative estimate of drug-likeness (QED) is 0.428. The average Bonchev–Trinajstić information content (AvgIpc) is 2.35. The maximum atomic E-state index is 11.3. The largest absolute Gasteiger partial charge is 0.479 e. The fourth-order valence-corrected chi connectivity index (χ4v) is 1.12. The first-order chi connectivity index (χ1) is 8.49. The molecule has 1 atom stereocenters. The number of carbonyl (C=O) groups is 2. The van der Waals surface area contributed by atoms with Crippen LogP contribution in [-0.4, -0.2) is 34.7 Å². The molecule has 18 heavy (non-hydrogen) atoms. The van der Waals surface area contributed by atoms with Gasteiger partial charge in [0, 0.05) is 11.8 Å². The van der Waals surface area contributed by atoms with Crippen LogP contribution in [0.2, 0.25) is 0 Å². The molecule has 0 saturated carbocycles. The summed E-state index contributed by atoms with van der Waals surface area (Å²) in [5.41, 5.74) is 6.92. The predicted molar refractivity (Wildman–Crippen MR) is 66.5 cm³/mol. The number of carboxylic acid groups (broad SMARTS) is 1. The molecule has 1 aromatic rings. The van der Waals surface area contributed by atoms with E-state index in [1.54, 1.807) is 30.3 Å². The van der Waals surface area contributed by atoms with Crippen LogP contribution >= 0.6 is 0 Å². The van der Waals surface area contributed by atoms with Gasteiger partial charge in [-0.05, 0) is 23.8 Å². The van der Waals surface area contributed by atoms with E-state index in [9.17, 15) is 9.59 Å². The third kappa shape index (κ3) is 4.67. The Kier molecular flexibility index (Phi) is 4.89. The van der Waals surface area contributed by atoms with Crippen LogP contribution in [0, 0.1) is 0 Å². The third-order valence-corrected chi connectivity index (χ3v) is 2.12. The number of aliphatic hydroxyl groups excluding tert-OH is 1. The first kappa shape index (κ1) is 13.7. The molecule has 1 unspecified atom stereocenters. The van der Waals surface area contributed by atoms with Gasteiger partial charge in [0.25, 0.3) is 0 Å². The molecule has 1 aromatic carbocycles. The summed E-state index contributed by atoms with van der Waals surface area (Å²) < 4.78 is 0. The van der Waals surface area contributed by atoms with Gasteiger partial charge in [0.1, 0.15) is 0 Å². The third-order valence-electron chi connectivity index (χ3n) is 2.12. The fraction of sp³-hybridized carbons (Fsp3) is 0.167. The van der Waals surface area contributed by atoms with Crippen LogP contribution < -0.4 is 11.1 Å². The van der Waals surface area contributed by atoms with Crippen LogP contribution in [0.15, 0.2) is 30.3 Å². The number of nitrogen functional groups attached to an aromatic ring is 1. The monoisotopic (exact) mass is 250 g/mol. The summed E-state index contributed by atoms with van der Waals surface area (Å²) >= 11 is 0. The van der Waals surface area contributed by atoms with Gasteiger partial charge in [-0.15, -0.1) is 0 Å². The Morgan fingerprint density at radius 2 is 1.94 bits per heavy atom. The van der Waals surface area contributed by atoms with Crippen molar-refractivity contribution in [2.24, 2.45) is 0 Å². The smallest absolute Gasteiger partial charge is 0.334 e. The van der Waals surface area contributed by atoms with Crippen LogP contribution in [0.1, 0.15) is 5.56 Å². The standard InChI is InChI=1S/C12H14N2O4/c13-9-4-1-8(2-5-9)3-6-11(16)14-7-10(15)12(17)18/h1-6,10,15H,7,13H2,(H,14,16)(H,17,18)/b6-3+. The second kappa shape index (κ2) is 6.41. The molecule has 5 N–H and O–H groups in total. The summed E-state index contributed by atoms with van der Waals surface area (Å²) in [6.07, 6.45) is 1.21. The van der Waals surface area contributed by atoms with Gasteiger partial charge in [-0.2, -0.15) is 0 Å². The highest BCUT2D eigenvalue weighted by Gasteiger charge is 2.12. The van der Waals surface area contributed by atoms with Crippen LogP contribution in [0.5, 0.6) is 0 Å². The minimum atomic E-state index is -1.60. The number of nitrogens with two attached hydrogens (primary N) is 1. The van der Waals surface area contributed by atoms with Crippen LogP contribution in [0.4, 0.5) is 5.69 Å². The van der Waals surface area contributed by atoms with Gasteiger partial charge in [-0.3, -0.25) is 4.79 Å². The molecule has 0 bridgehead atoms. The summed E-state index contributed by atoms with van der Waals surface area (Å²) in [6.45, 7) is -0.333. The number of nitrogens with one attached hydrogen (secondary N) is 1. The Balaban J connectivity index is 2.45. The molecule has 0 aromatic heterocycles. The number of anilines is 1. The van der Waals surface area contributed by atoms with Crippen molar-refractivity contribution in [3.63, 3.8) is 0 Å². The van der Waals surface area contributed by atoms with E-state index in [2.05, 4.69) is 5.32 Å². The molecule has 0 heterocycles. The Bertz CT molecular complexity index is 454. The lowest BCUT2D eigenvalue weighted by Crippen LogP contribution is -2.35. The van der Waals surface area contributed by atoms with Gasteiger partial charge in [0.15, 0.2) is 6.10 Å². The lowest BCUT2D eigenvalue weighted by Gasteiger charge is -2.05. The van der Waals surface area contributed by atoms with Gasteiger partial charge < -0.3 is 21.3 Å². The Morgan fingerprint density at radius 3 is 2.50 bits per heavy atom. The second-order valence-corrected chi connectivity index (χ2v) is 3.60. The second-order valence-electron chi connectivity index (χ2n) is 3.60. The molecular formula is C12H14N2O4. The Hall–Kier alpha value is -2.34. The molecule has 1 rings (SSSR count). The molecule has 0 radical (unpaired) electrons. The number of hydrogen-bond donors (Lipinski definition) is 4. The fourth-order valence-electron chi connectivity index (χ4n) is 1.12. The van der Waals surface area contributed by atoms with E-state index in [1.165, 1.54) is 6.08 Å². The molecule has 96 valence electrons. The van der Waals surface area contributed by atoms with E-state index in [-0.39, 0.29) is 6.54 Å². The Morgan fingerprint density at radius 1 is 1.33 bits per heavy atom. The molecule has 0 saturated heterocycles. The van der Waals surface area contributed by atoms with Crippen molar-refractivity contribution in [1.29, 1.82) is 0 Å². The number of carbonyl (C=O) groups excluding carboxylic acids is 1. The molecule has 0 aliphatic rings. The SMILES string of the molecule is Nc1ccc(/C=C/C(=O)NCC(O)C(=O)O)cc1. The topological polar surface area (TPSA) is 113 Å². The normalized spacial score (nSPS) is 12.3. The zero-order valence-corrected chi connectivity index (χ0v) is 9.54. The molecule has 0 aliphatic heterocycles. The highest BCUT2D eigenvalue weighted by atomic mass is 16.4. The number of amides is 1. The zero-order chi connectivity index (χ0) is 13.5. The van der Waals surface area contributed by atoms with Crippen molar-refractivity contribution in [2.45, 2.75) is 6.10 Å². The molecule has 0 aliphatic carbocycles. The van der Waals surface area contributed by atoms with E-state index < -0.39 is 18.0 Å². The summed E-state index contributed by atoms with van der Waals surface area (Å²) in [7, 11) is 0. The maximum Gasteiger partial charge on any atom is 0.334 e. The molecule has 0 fully saturated rings. The lowest BCUT2D eigenvalue weighted by atomic mass is 10.2. The number of aliphatic hydroxyl groups is 1. The molecule has 6 heteroatoms. The van der Waals surface area contributed by atoms with E-state index in [4.69, 9.17) is 15.9 Å². The van der Waals surface area contributed by atoms with Gasteiger partial charge >= 0.3 is 5.97 Å². The lowest BCUT2D eigenvalue weighted by molar-refractivity contribution is -0.146. The summed E-state index contributed by atoms with van der Waals surface area (Å²) in [4.78, 5) is 21.6. The maximum absolute atomic E-state index is 11.3. The van der Waals surface area contributed by atoms with E-state index >= 15 is 0 Å². The summed E-state index contributed by atoms with van der Waals surface area (Å²) in [5.74, 6) is -1.86. The highest BCUT2D eigenvalue weighted by molar-refractivity contribution is 5.92. The number of aliphatic carboxylic acids is 1. The zero-order valence-electron chi connectivity index (χ0n) is 9.54. The van der Waals surface area contributed by atoms with Crippen molar-refractivity contribution in [3.8, 4) is 0 Å². The number of benzene rings is 1. The summed E-state index contributed by atoms with van der Waals surface area (Å²) in [6, 6.07) is 6.88. The van der Waals surface area contributed by atoms with Crippen molar-refractivity contribution in [3.05, 3.63) is 35.9 Å². The number of carboxylic acids is 1. The van der Waals surface area contributed by atoms with Crippen molar-refractivity contribution >= 4 is 23.6 Å². The van der Waals surface area contributed by atoms with Gasteiger partial charge in [0.2, 0.25) is 5.91 Å². The molecule has 6 nitrogen and oxygen atoms in total. The van der Waals surface area contributed by atoms with Gasteiger partial charge in [-0.1, -0.05) is 12.1 Å². The minimum absolute atomic E-state index is 0.333. The van der Waals surface area contributed by atoms with E-state index in [0.29, 0.717) is 5.69 Å². The minimum Gasteiger partial charge on any atom is -0.479 e. The van der Waals surface area contributed by atoms with Crippen LogP contribution in [-0.2, 0) is 9.59 Å². The van der Waals surface area contributed by atoms with Gasteiger partial charge in [0.05, 0.1) is 6.54 Å². The highest BCUT2D eigenvalue weighted by Crippen LogP contribution is 2.06.